The molecule has 0 aromatic heterocycles. The normalized spacial score (nSPS) is 22.2. The van der Waals surface area contributed by atoms with Crippen LogP contribution >= 0.6 is 0 Å². The average Bonchev–Trinajstić information content (AvgIpc) is 2.38. The van der Waals surface area contributed by atoms with Crippen LogP contribution in [0.5, 0.6) is 5.75 Å². The van der Waals surface area contributed by atoms with Crippen LogP contribution in [0.3, 0.4) is 0 Å². The summed E-state index contributed by atoms with van der Waals surface area (Å²) in [6.45, 7) is 2.16. The molecule has 1 aliphatic rings. The van der Waals surface area contributed by atoms with E-state index in [9.17, 15) is 4.79 Å². The SMILES string of the molecule is CCOC(=O)C1(N)CCc2cc(OC)ccc2C1. The van der Waals surface area contributed by atoms with Crippen molar-refractivity contribution >= 4 is 5.97 Å². The Morgan fingerprint density at radius 3 is 2.89 bits per heavy atom. The number of hydrogen-bond donors (Lipinski definition) is 1. The van der Waals surface area contributed by atoms with Gasteiger partial charge in [0.1, 0.15) is 11.3 Å². The summed E-state index contributed by atoms with van der Waals surface area (Å²) in [6.07, 6.45) is 1.93. The van der Waals surface area contributed by atoms with Crippen molar-refractivity contribution in [2.24, 2.45) is 5.73 Å². The number of rotatable bonds is 3. The Morgan fingerprint density at radius 2 is 2.22 bits per heavy atom. The van der Waals surface area contributed by atoms with Gasteiger partial charge in [-0.1, -0.05) is 6.07 Å². The van der Waals surface area contributed by atoms with Crippen LogP contribution in [0.1, 0.15) is 24.5 Å². The predicted octanol–water partition coefficient (Wildman–Crippen LogP) is 1.44. The van der Waals surface area contributed by atoms with Gasteiger partial charge in [-0.3, -0.25) is 4.79 Å². The van der Waals surface area contributed by atoms with E-state index in [-0.39, 0.29) is 5.97 Å². The van der Waals surface area contributed by atoms with Crippen LogP contribution in [0.15, 0.2) is 18.2 Å². The van der Waals surface area contributed by atoms with Crippen LogP contribution in [0.2, 0.25) is 0 Å². The van der Waals surface area contributed by atoms with Crippen molar-refractivity contribution in [3.05, 3.63) is 29.3 Å². The highest BCUT2D eigenvalue weighted by Crippen LogP contribution is 2.30. The van der Waals surface area contributed by atoms with Crippen molar-refractivity contribution in [3.8, 4) is 5.75 Å². The third-order valence-corrected chi connectivity index (χ3v) is 3.44. The lowest BCUT2D eigenvalue weighted by Crippen LogP contribution is -2.53. The standard InChI is InChI=1S/C14H19NO3/c1-3-18-13(16)14(15)7-6-10-8-12(17-2)5-4-11(10)9-14/h4-5,8H,3,6-7,9,15H2,1-2H3. The van der Waals surface area contributed by atoms with E-state index in [4.69, 9.17) is 15.2 Å². The van der Waals surface area contributed by atoms with Crippen molar-refractivity contribution in [2.45, 2.75) is 31.7 Å². The second-order valence-corrected chi connectivity index (χ2v) is 4.69. The van der Waals surface area contributed by atoms with Gasteiger partial charge in [0, 0.05) is 6.42 Å². The first-order valence-electron chi connectivity index (χ1n) is 6.21. The van der Waals surface area contributed by atoms with Gasteiger partial charge in [0.15, 0.2) is 0 Å². The maximum Gasteiger partial charge on any atom is 0.326 e. The summed E-state index contributed by atoms with van der Waals surface area (Å²) in [4.78, 5) is 11.9. The number of carbonyl (C=O) groups excluding carboxylic acids is 1. The molecule has 2 rings (SSSR count). The highest BCUT2D eigenvalue weighted by atomic mass is 16.5. The van der Waals surface area contributed by atoms with E-state index in [0.717, 1.165) is 17.7 Å². The molecular weight excluding hydrogens is 230 g/mol. The minimum Gasteiger partial charge on any atom is -0.497 e. The first kappa shape index (κ1) is 12.9. The van der Waals surface area contributed by atoms with E-state index in [1.165, 1.54) is 5.56 Å². The lowest BCUT2D eigenvalue weighted by molar-refractivity contribution is -0.150. The fourth-order valence-electron chi connectivity index (χ4n) is 2.37. The number of aryl methyl sites for hydroxylation is 1. The third-order valence-electron chi connectivity index (χ3n) is 3.44. The Balaban J connectivity index is 2.22. The van der Waals surface area contributed by atoms with Crippen LogP contribution in [0, 0.1) is 0 Å². The average molecular weight is 249 g/mol. The Bertz CT molecular complexity index is 458. The van der Waals surface area contributed by atoms with E-state index in [2.05, 4.69) is 0 Å². The highest BCUT2D eigenvalue weighted by Gasteiger charge is 2.38. The Kier molecular flexibility index (Phi) is 3.57. The highest BCUT2D eigenvalue weighted by molar-refractivity contribution is 5.81. The molecule has 1 aromatic carbocycles. The minimum atomic E-state index is -0.877. The number of hydrogen-bond acceptors (Lipinski definition) is 4. The molecule has 4 heteroatoms. The molecular formula is C14H19NO3. The topological polar surface area (TPSA) is 61.5 Å². The molecule has 1 atom stereocenters. The molecule has 1 unspecified atom stereocenters. The summed E-state index contributed by atoms with van der Waals surface area (Å²) in [7, 11) is 1.65. The van der Waals surface area contributed by atoms with E-state index in [0.29, 0.717) is 19.4 Å². The first-order chi connectivity index (χ1) is 8.59. The fourth-order valence-corrected chi connectivity index (χ4v) is 2.37. The zero-order chi connectivity index (χ0) is 13.2. The van der Waals surface area contributed by atoms with Gasteiger partial charge in [-0.05, 0) is 43.0 Å². The van der Waals surface area contributed by atoms with Gasteiger partial charge in [0.25, 0.3) is 0 Å². The molecule has 0 radical (unpaired) electrons. The van der Waals surface area contributed by atoms with Crippen molar-refractivity contribution in [1.82, 2.24) is 0 Å². The van der Waals surface area contributed by atoms with Crippen molar-refractivity contribution in [3.63, 3.8) is 0 Å². The van der Waals surface area contributed by atoms with Gasteiger partial charge in [-0.2, -0.15) is 0 Å². The van der Waals surface area contributed by atoms with Crippen molar-refractivity contribution in [1.29, 1.82) is 0 Å². The number of nitrogens with two attached hydrogens (primary N) is 1. The van der Waals surface area contributed by atoms with Crippen LogP contribution in [-0.2, 0) is 22.4 Å². The third kappa shape index (κ3) is 2.34. The maximum absolute atomic E-state index is 11.9. The summed E-state index contributed by atoms with van der Waals surface area (Å²) < 4.78 is 10.3. The minimum absolute atomic E-state index is 0.300. The molecule has 0 heterocycles. The van der Waals surface area contributed by atoms with E-state index >= 15 is 0 Å². The molecule has 0 aliphatic heterocycles. The first-order valence-corrected chi connectivity index (χ1v) is 6.21. The monoisotopic (exact) mass is 249 g/mol. The lowest BCUT2D eigenvalue weighted by Gasteiger charge is -2.32. The molecule has 0 saturated carbocycles. The smallest absolute Gasteiger partial charge is 0.326 e. The second-order valence-electron chi connectivity index (χ2n) is 4.69. The van der Waals surface area contributed by atoms with Gasteiger partial charge in [-0.25, -0.2) is 0 Å². The van der Waals surface area contributed by atoms with Gasteiger partial charge in [0.05, 0.1) is 13.7 Å². The summed E-state index contributed by atoms with van der Waals surface area (Å²) in [5, 5.41) is 0. The summed E-state index contributed by atoms with van der Waals surface area (Å²) in [6, 6.07) is 5.89. The quantitative estimate of drug-likeness (QED) is 0.823. The molecule has 18 heavy (non-hydrogen) atoms. The summed E-state index contributed by atoms with van der Waals surface area (Å²) in [5.74, 6) is 0.542. The number of fused-ring (bicyclic) bond motifs is 1. The van der Waals surface area contributed by atoms with Crippen LogP contribution in [0.25, 0.3) is 0 Å². The molecule has 4 nitrogen and oxygen atoms in total. The number of carbonyl (C=O) groups is 1. The second kappa shape index (κ2) is 4.98. The van der Waals surface area contributed by atoms with Crippen molar-refractivity contribution < 1.29 is 14.3 Å². The Hall–Kier alpha value is -1.55. The zero-order valence-corrected chi connectivity index (χ0v) is 10.9. The number of esters is 1. The van der Waals surface area contributed by atoms with Gasteiger partial charge < -0.3 is 15.2 Å². The largest absolute Gasteiger partial charge is 0.497 e. The summed E-state index contributed by atoms with van der Waals surface area (Å²) >= 11 is 0. The molecule has 1 aromatic rings. The molecule has 0 amide bonds. The number of methoxy groups -OCH3 is 1. The number of benzene rings is 1. The molecule has 0 spiro atoms. The van der Waals surface area contributed by atoms with Gasteiger partial charge in [-0.15, -0.1) is 0 Å². The number of ether oxygens (including phenoxy) is 2. The molecule has 2 N–H and O–H groups in total. The Labute approximate surface area is 107 Å². The molecule has 0 bridgehead atoms. The fraction of sp³-hybridized carbons (Fsp3) is 0.500. The molecule has 98 valence electrons. The molecule has 0 saturated heterocycles. The van der Waals surface area contributed by atoms with Crippen molar-refractivity contribution in [2.75, 3.05) is 13.7 Å². The predicted molar refractivity (Wildman–Crippen MR) is 68.6 cm³/mol. The summed E-state index contributed by atoms with van der Waals surface area (Å²) in [5.41, 5.74) is 7.61. The van der Waals surface area contributed by atoms with E-state index < -0.39 is 5.54 Å². The van der Waals surface area contributed by atoms with Gasteiger partial charge in [0.2, 0.25) is 0 Å². The van der Waals surface area contributed by atoms with E-state index in [1.807, 2.05) is 18.2 Å². The lowest BCUT2D eigenvalue weighted by atomic mass is 9.78. The Morgan fingerprint density at radius 1 is 1.44 bits per heavy atom. The molecule has 0 fully saturated rings. The maximum atomic E-state index is 11.9. The van der Waals surface area contributed by atoms with Crippen LogP contribution < -0.4 is 10.5 Å². The van der Waals surface area contributed by atoms with Crippen LogP contribution in [0.4, 0.5) is 0 Å². The van der Waals surface area contributed by atoms with Crippen LogP contribution in [-0.4, -0.2) is 25.2 Å². The molecule has 1 aliphatic carbocycles. The zero-order valence-electron chi connectivity index (χ0n) is 10.9. The van der Waals surface area contributed by atoms with E-state index in [1.54, 1.807) is 14.0 Å². The van der Waals surface area contributed by atoms with Gasteiger partial charge >= 0.3 is 5.97 Å².